The van der Waals surface area contributed by atoms with E-state index in [4.69, 9.17) is 18.9 Å². The third-order valence-electron chi connectivity index (χ3n) is 3.44. The first-order chi connectivity index (χ1) is 12.7. The van der Waals surface area contributed by atoms with Gasteiger partial charge in [-0.25, -0.2) is 0 Å². The van der Waals surface area contributed by atoms with E-state index in [2.05, 4.69) is 11.8 Å². The lowest BCUT2D eigenvalue weighted by Gasteiger charge is -2.19. The second kappa shape index (κ2) is 10.2. The van der Waals surface area contributed by atoms with Gasteiger partial charge >= 0.3 is 0 Å². The van der Waals surface area contributed by atoms with Crippen LogP contribution in [0.5, 0.6) is 23.0 Å². The van der Waals surface area contributed by atoms with Crippen molar-refractivity contribution in [1.82, 2.24) is 0 Å². The Kier molecular flexibility index (Phi) is 7.70. The largest absolute Gasteiger partial charge is 0.490 e. The molecule has 0 saturated carbocycles. The van der Waals surface area contributed by atoms with Gasteiger partial charge < -0.3 is 18.9 Å². The quantitative estimate of drug-likeness (QED) is 0.645. The predicted molar refractivity (Wildman–Crippen MR) is 104 cm³/mol. The molecule has 0 spiro atoms. The third-order valence-corrected chi connectivity index (χ3v) is 3.44. The van der Waals surface area contributed by atoms with E-state index in [1.54, 1.807) is 0 Å². The van der Waals surface area contributed by atoms with E-state index in [1.165, 1.54) is 0 Å². The molecule has 0 saturated heterocycles. The van der Waals surface area contributed by atoms with Gasteiger partial charge in [-0.15, -0.1) is 0 Å². The number of rotatable bonds is 8. The van der Waals surface area contributed by atoms with E-state index in [0.717, 1.165) is 5.56 Å². The summed E-state index contributed by atoms with van der Waals surface area (Å²) in [6.07, 6.45) is 0. The molecule has 2 rings (SSSR count). The Balaban J connectivity index is 2.62. The molecule has 26 heavy (non-hydrogen) atoms. The summed E-state index contributed by atoms with van der Waals surface area (Å²) < 4.78 is 23.3. The van der Waals surface area contributed by atoms with E-state index >= 15 is 0 Å². The summed E-state index contributed by atoms with van der Waals surface area (Å²) in [5.74, 6) is 8.66. The highest BCUT2D eigenvalue weighted by molar-refractivity contribution is 5.67. The van der Waals surface area contributed by atoms with Crippen LogP contribution >= 0.6 is 0 Å². The van der Waals surface area contributed by atoms with Crippen LogP contribution in [-0.4, -0.2) is 26.4 Å². The summed E-state index contributed by atoms with van der Waals surface area (Å²) >= 11 is 0. The summed E-state index contributed by atoms with van der Waals surface area (Å²) in [5.41, 5.74) is 1.64. The van der Waals surface area contributed by atoms with Gasteiger partial charge in [0.1, 0.15) is 0 Å². The summed E-state index contributed by atoms with van der Waals surface area (Å²) in [5, 5.41) is 0. The van der Waals surface area contributed by atoms with Crippen molar-refractivity contribution in [3.05, 3.63) is 47.5 Å². The SMILES string of the molecule is CCOc1cc(C#Cc2ccccc2)c(OCC)c(OCC)c1OCC. The molecule has 0 heterocycles. The second-order valence-corrected chi connectivity index (χ2v) is 5.26. The molecule has 2 aromatic rings. The zero-order valence-corrected chi connectivity index (χ0v) is 15.9. The van der Waals surface area contributed by atoms with Crippen LogP contribution in [0.25, 0.3) is 0 Å². The number of benzene rings is 2. The van der Waals surface area contributed by atoms with E-state index in [1.807, 2.05) is 64.1 Å². The highest BCUT2D eigenvalue weighted by atomic mass is 16.6. The lowest BCUT2D eigenvalue weighted by atomic mass is 10.1. The molecule has 2 aromatic carbocycles. The molecule has 0 bridgehead atoms. The van der Waals surface area contributed by atoms with Crippen LogP contribution in [0.15, 0.2) is 36.4 Å². The molecular weight excluding hydrogens is 328 g/mol. The Morgan fingerprint density at radius 1 is 0.654 bits per heavy atom. The first-order valence-corrected chi connectivity index (χ1v) is 9.04. The standard InChI is InChI=1S/C22H26O4/c1-5-23-19-16-18(15-14-17-12-10-9-11-13-17)20(24-6-2)22(26-8-4)21(19)25-7-3/h9-13,16H,5-8H2,1-4H3. The van der Waals surface area contributed by atoms with Crippen molar-refractivity contribution < 1.29 is 18.9 Å². The molecule has 4 heteroatoms. The fourth-order valence-electron chi connectivity index (χ4n) is 2.46. The molecule has 0 unspecified atom stereocenters. The highest BCUT2D eigenvalue weighted by Gasteiger charge is 2.22. The lowest BCUT2D eigenvalue weighted by Crippen LogP contribution is -2.06. The minimum absolute atomic E-state index is 0.487. The molecular formula is C22H26O4. The van der Waals surface area contributed by atoms with Gasteiger partial charge in [0.05, 0.1) is 32.0 Å². The molecule has 0 atom stereocenters. The molecule has 0 amide bonds. The first-order valence-electron chi connectivity index (χ1n) is 9.04. The number of hydrogen-bond donors (Lipinski definition) is 0. The van der Waals surface area contributed by atoms with Crippen molar-refractivity contribution in [1.29, 1.82) is 0 Å². The predicted octanol–water partition coefficient (Wildman–Crippen LogP) is 4.68. The molecule has 0 aliphatic carbocycles. The van der Waals surface area contributed by atoms with Crippen LogP contribution in [0.1, 0.15) is 38.8 Å². The Bertz CT molecular complexity index is 757. The van der Waals surface area contributed by atoms with Crippen molar-refractivity contribution in [3.8, 4) is 34.8 Å². The van der Waals surface area contributed by atoms with Gasteiger partial charge in [-0.3, -0.25) is 0 Å². The first kappa shape index (κ1) is 19.5. The molecule has 0 aliphatic heterocycles. The Morgan fingerprint density at radius 2 is 1.23 bits per heavy atom. The topological polar surface area (TPSA) is 36.9 Å². The van der Waals surface area contributed by atoms with Gasteiger partial charge in [-0.05, 0) is 39.8 Å². The summed E-state index contributed by atoms with van der Waals surface area (Å²) in [6, 6.07) is 11.7. The summed E-state index contributed by atoms with van der Waals surface area (Å²) in [4.78, 5) is 0. The van der Waals surface area contributed by atoms with E-state index in [-0.39, 0.29) is 0 Å². The van der Waals surface area contributed by atoms with Crippen molar-refractivity contribution >= 4 is 0 Å². The van der Waals surface area contributed by atoms with Crippen LogP contribution in [0.4, 0.5) is 0 Å². The van der Waals surface area contributed by atoms with Gasteiger partial charge in [0.15, 0.2) is 11.5 Å². The number of hydrogen-bond acceptors (Lipinski definition) is 4. The fraction of sp³-hybridized carbons (Fsp3) is 0.364. The number of ether oxygens (including phenoxy) is 4. The van der Waals surface area contributed by atoms with Crippen molar-refractivity contribution in [2.45, 2.75) is 27.7 Å². The zero-order chi connectivity index (χ0) is 18.8. The maximum absolute atomic E-state index is 5.87. The van der Waals surface area contributed by atoms with E-state index in [9.17, 15) is 0 Å². The normalized spacial score (nSPS) is 9.85. The van der Waals surface area contributed by atoms with Crippen molar-refractivity contribution in [2.24, 2.45) is 0 Å². The summed E-state index contributed by atoms with van der Waals surface area (Å²) in [7, 11) is 0. The van der Waals surface area contributed by atoms with Gasteiger partial charge in [0, 0.05) is 11.6 Å². The Morgan fingerprint density at radius 3 is 1.85 bits per heavy atom. The average molecular weight is 354 g/mol. The maximum Gasteiger partial charge on any atom is 0.208 e. The van der Waals surface area contributed by atoms with Crippen LogP contribution in [-0.2, 0) is 0 Å². The van der Waals surface area contributed by atoms with Crippen LogP contribution in [0.3, 0.4) is 0 Å². The Hall–Kier alpha value is -2.80. The van der Waals surface area contributed by atoms with E-state index in [0.29, 0.717) is 55.0 Å². The van der Waals surface area contributed by atoms with Crippen LogP contribution < -0.4 is 18.9 Å². The molecule has 0 aliphatic rings. The summed E-state index contributed by atoms with van der Waals surface area (Å²) in [6.45, 7) is 9.72. The zero-order valence-electron chi connectivity index (χ0n) is 15.9. The highest BCUT2D eigenvalue weighted by Crippen LogP contribution is 2.47. The lowest BCUT2D eigenvalue weighted by molar-refractivity contribution is 0.244. The fourth-order valence-corrected chi connectivity index (χ4v) is 2.46. The average Bonchev–Trinajstić information content (AvgIpc) is 2.66. The monoisotopic (exact) mass is 354 g/mol. The van der Waals surface area contributed by atoms with Crippen LogP contribution in [0, 0.1) is 11.8 Å². The van der Waals surface area contributed by atoms with Crippen molar-refractivity contribution in [2.75, 3.05) is 26.4 Å². The second-order valence-electron chi connectivity index (χ2n) is 5.26. The molecule has 0 aromatic heterocycles. The van der Waals surface area contributed by atoms with Gasteiger partial charge in [0.25, 0.3) is 0 Å². The molecule has 0 N–H and O–H groups in total. The minimum atomic E-state index is 0.487. The van der Waals surface area contributed by atoms with Gasteiger partial charge in [-0.1, -0.05) is 30.0 Å². The minimum Gasteiger partial charge on any atom is -0.490 e. The molecule has 0 fully saturated rings. The van der Waals surface area contributed by atoms with Crippen LogP contribution in [0.2, 0.25) is 0 Å². The van der Waals surface area contributed by atoms with Gasteiger partial charge in [-0.2, -0.15) is 0 Å². The Labute approximate surface area is 156 Å². The third kappa shape index (κ3) is 4.86. The molecule has 0 radical (unpaired) electrons. The smallest absolute Gasteiger partial charge is 0.208 e. The van der Waals surface area contributed by atoms with Crippen molar-refractivity contribution in [3.63, 3.8) is 0 Å². The maximum atomic E-state index is 5.87. The van der Waals surface area contributed by atoms with Gasteiger partial charge in [0.2, 0.25) is 11.5 Å². The molecule has 138 valence electrons. The molecule has 4 nitrogen and oxygen atoms in total. The van der Waals surface area contributed by atoms with E-state index < -0.39 is 0 Å².